The van der Waals surface area contributed by atoms with E-state index >= 15 is 0 Å². The highest BCUT2D eigenvalue weighted by Crippen LogP contribution is 2.26. The first-order valence-electron chi connectivity index (χ1n) is 7.10. The molecule has 2 nitrogen and oxygen atoms in total. The van der Waals surface area contributed by atoms with Crippen LogP contribution in [0.5, 0.6) is 0 Å². The molecule has 110 valence electrons. The van der Waals surface area contributed by atoms with E-state index in [1.54, 1.807) is 6.08 Å². The van der Waals surface area contributed by atoms with E-state index in [0.29, 0.717) is 5.56 Å². The zero-order valence-corrected chi connectivity index (χ0v) is 14.1. The summed E-state index contributed by atoms with van der Waals surface area (Å²) in [6, 6.07) is 15.6. The number of rotatable bonds is 3. The number of allylic oxidation sites excluding steroid dienone is 1. The minimum Gasteiger partial charge on any atom is -0.347 e. The van der Waals surface area contributed by atoms with Crippen molar-refractivity contribution >= 4 is 38.7 Å². The molecule has 3 aromatic rings. The molecule has 0 saturated heterocycles. The Labute approximate surface area is 138 Å². The lowest BCUT2D eigenvalue weighted by atomic mass is 10.1. The van der Waals surface area contributed by atoms with Crippen molar-refractivity contribution in [3.8, 4) is 0 Å². The third-order valence-corrected chi connectivity index (χ3v) is 4.51. The van der Waals surface area contributed by atoms with Crippen LogP contribution in [0.2, 0.25) is 0 Å². The van der Waals surface area contributed by atoms with E-state index in [4.69, 9.17) is 0 Å². The van der Waals surface area contributed by atoms with Gasteiger partial charge in [0.2, 0.25) is 0 Å². The molecule has 0 radical (unpaired) electrons. The minimum atomic E-state index is 0.0137. The van der Waals surface area contributed by atoms with Gasteiger partial charge in [-0.3, -0.25) is 4.79 Å². The van der Waals surface area contributed by atoms with E-state index in [-0.39, 0.29) is 5.78 Å². The smallest absolute Gasteiger partial charge is 0.185 e. The third kappa shape index (κ3) is 2.64. The van der Waals surface area contributed by atoms with E-state index in [2.05, 4.69) is 39.6 Å². The summed E-state index contributed by atoms with van der Waals surface area (Å²) in [6.07, 6.45) is 3.57. The fourth-order valence-corrected chi connectivity index (χ4v) is 2.89. The molecule has 3 rings (SSSR count). The largest absolute Gasteiger partial charge is 0.347 e. The first-order valence-corrected chi connectivity index (χ1v) is 7.89. The number of carbonyl (C=O) groups is 1. The molecule has 0 fully saturated rings. The Bertz CT molecular complexity index is 872. The zero-order valence-electron chi connectivity index (χ0n) is 12.5. The number of aromatic nitrogens is 1. The molecule has 0 N–H and O–H groups in total. The van der Waals surface area contributed by atoms with E-state index < -0.39 is 0 Å². The van der Waals surface area contributed by atoms with Crippen molar-refractivity contribution in [3.05, 3.63) is 75.9 Å². The van der Waals surface area contributed by atoms with Crippen LogP contribution in [0.4, 0.5) is 0 Å². The lowest BCUT2D eigenvalue weighted by molar-refractivity contribution is 0.104. The highest BCUT2D eigenvalue weighted by molar-refractivity contribution is 9.10. The molecule has 0 atom stereocenters. The molecule has 0 saturated carbocycles. The summed E-state index contributed by atoms with van der Waals surface area (Å²) < 4.78 is 3.12. The van der Waals surface area contributed by atoms with Gasteiger partial charge in [0, 0.05) is 39.2 Å². The van der Waals surface area contributed by atoms with Crippen LogP contribution >= 0.6 is 15.9 Å². The van der Waals surface area contributed by atoms with Crippen molar-refractivity contribution in [3.63, 3.8) is 0 Å². The maximum absolute atomic E-state index is 12.3. The Balaban J connectivity index is 1.97. The number of hydrogen-bond acceptors (Lipinski definition) is 1. The number of ketones is 1. The molecule has 1 heterocycles. The van der Waals surface area contributed by atoms with Crippen LogP contribution in [0.25, 0.3) is 17.0 Å². The average Bonchev–Trinajstić information content (AvgIpc) is 2.78. The molecule has 0 spiro atoms. The second kappa shape index (κ2) is 5.93. The summed E-state index contributed by atoms with van der Waals surface area (Å²) in [5, 5.41) is 1.17. The van der Waals surface area contributed by atoms with E-state index in [1.165, 1.54) is 10.9 Å². The molecule has 0 amide bonds. The van der Waals surface area contributed by atoms with Gasteiger partial charge in [-0.05, 0) is 49.4 Å². The number of aryl methyl sites for hydroxylation is 1. The Hall–Kier alpha value is -2.13. The first kappa shape index (κ1) is 14.8. The van der Waals surface area contributed by atoms with Gasteiger partial charge in [0.1, 0.15) is 0 Å². The van der Waals surface area contributed by atoms with Crippen LogP contribution < -0.4 is 0 Å². The van der Waals surface area contributed by atoms with Crippen LogP contribution in [0.1, 0.15) is 21.6 Å². The van der Waals surface area contributed by atoms with Crippen molar-refractivity contribution in [2.45, 2.75) is 6.92 Å². The second-order valence-electron chi connectivity index (χ2n) is 5.28. The van der Waals surface area contributed by atoms with Crippen molar-refractivity contribution < 1.29 is 4.79 Å². The molecule has 0 aliphatic carbocycles. The Kier molecular flexibility index (Phi) is 3.99. The summed E-state index contributed by atoms with van der Waals surface area (Å²) in [5.41, 5.74) is 4.12. The van der Waals surface area contributed by atoms with Crippen molar-refractivity contribution in [1.29, 1.82) is 0 Å². The van der Waals surface area contributed by atoms with Gasteiger partial charge < -0.3 is 4.57 Å². The quantitative estimate of drug-likeness (QED) is 0.471. The summed E-state index contributed by atoms with van der Waals surface area (Å²) in [4.78, 5) is 12.3. The summed E-state index contributed by atoms with van der Waals surface area (Å²) >= 11 is 3.38. The molecule has 1 aromatic heterocycles. The maximum Gasteiger partial charge on any atom is 0.185 e. The Morgan fingerprint density at radius 1 is 1.09 bits per heavy atom. The molecule has 0 aliphatic heterocycles. The van der Waals surface area contributed by atoms with Crippen molar-refractivity contribution in [2.24, 2.45) is 7.05 Å². The van der Waals surface area contributed by atoms with Crippen molar-refractivity contribution in [1.82, 2.24) is 4.57 Å². The number of para-hydroxylation sites is 1. The van der Waals surface area contributed by atoms with Crippen LogP contribution in [0.15, 0.2) is 59.1 Å². The fourth-order valence-electron chi connectivity index (χ4n) is 2.63. The van der Waals surface area contributed by atoms with Gasteiger partial charge in [-0.1, -0.05) is 34.1 Å². The molecular formula is C19H16BrNO. The molecule has 3 heteroatoms. The van der Waals surface area contributed by atoms with Crippen LogP contribution in [0, 0.1) is 6.92 Å². The van der Waals surface area contributed by atoms with Gasteiger partial charge >= 0.3 is 0 Å². The molecular weight excluding hydrogens is 338 g/mol. The van der Waals surface area contributed by atoms with E-state index in [1.807, 2.05) is 49.5 Å². The fraction of sp³-hybridized carbons (Fsp3) is 0.105. The van der Waals surface area contributed by atoms with Gasteiger partial charge in [0.15, 0.2) is 5.78 Å². The SMILES string of the molecule is Cc1c(/C=C\C(=O)c2ccc(Br)cc2)c2ccccc2n1C. The van der Waals surface area contributed by atoms with Gasteiger partial charge in [-0.25, -0.2) is 0 Å². The number of benzene rings is 2. The van der Waals surface area contributed by atoms with Gasteiger partial charge in [-0.15, -0.1) is 0 Å². The number of carbonyl (C=O) groups excluding carboxylic acids is 1. The van der Waals surface area contributed by atoms with E-state index in [9.17, 15) is 4.79 Å². The predicted octanol–water partition coefficient (Wildman–Crippen LogP) is 5.15. The van der Waals surface area contributed by atoms with Crippen molar-refractivity contribution in [2.75, 3.05) is 0 Å². The van der Waals surface area contributed by atoms with Crippen LogP contribution in [0.3, 0.4) is 0 Å². The number of fused-ring (bicyclic) bond motifs is 1. The third-order valence-electron chi connectivity index (χ3n) is 3.98. The van der Waals surface area contributed by atoms with Crippen LogP contribution in [-0.2, 0) is 7.05 Å². The minimum absolute atomic E-state index is 0.0137. The topological polar surface area (TPSA) is 22.0 Å². The summed E-state index contributed by atoms with van der Waals surface area (Å²) in [6.45, 7) is 2.07. The maximum atomic E-state index is 12.3. The molecule has 2 aromatic carbocycles. The standard InChI is InChI=1S/C19H16BrNO/c1-13-16(17-5-3-4-6-18(17)21(13)2)11-12-19(22)14-7-9-15(20)10-8-14/h3-12H,1-2H3/b12-11-. The average molecular weight is 354 g/mol. The van der Waals surface area contributed by atoms with Gasteiger partial charge in [0.25, 0.3) is 0 Å². The zero-order chi connectivity index (χ0) is 15.7. The van der Waals surface area contributed by atoms with Gasteiger partial charge in [0.05, 0.1) is 0 Å². The predicted molar refractivity (Wildman–Crippen MR) is 95.2 cm³/mol. The first-order chi connectivity index (χ1) is 10.6. The monoisotopic (exact) mass is 353 g/mol. The number of nitrogens with zero attached hydrogens (tertiary/aromatic N) is 1. The lowest BCUT2D eigenvalue weighted by Gasteiger charge is -1.98. The van der Waals surface area contributed by atoms with E-state index in [0.717, 1.165) is 15.7 Å². The Morgan fingerprint density at radius 3 is 2.50 bits per heavy atom. The number of hydrogen-bond donors (Lipinski definition) is 0. The molecule has 22 heavy (non-hydrogen) atoms. The molecule has 0 bridgehead atoms. The highest BCUT2D eigenvalue weighted by atomic mass is 79.9. The van der Waals surface area contributed by atoms with Gasteiger partial charge in [-0.2, -0.15) is 0 Å². The molecule has 0 unspecified atom stereocenters. The second-order valence-corrected chi connectivity index (χ2v) is 6.20. The molecule has 0 aliphatic rings. The summed E-state index contributed by atoms with van der Waals surface area (Å²) in [7, 11) is 2.05. The number of halogens is 1. The summed E-state index contributed by atoms with van der Waals surface area (Å²) in [5.74, 6) is 0.0137. The normalized spacial score (nSPS) is 11.4. The van der Waals surface area contributed by atoms with Crippen LogP contribution in [-0.4, -0.2) is 10.4 Å². The highest BCUT2D eigenvalue weighted by Gasteiger charge is 2.09. The Morgan fingerprint density at radius 2 is 1.77 bits per heavy atom. The lowest BCUT2D eigenvalue weighted by Crippen LogP contribution is -1.94.